The second-order valence-corrected chi connectivity index (χ2v) is 5.60. The highest BCUT2D eigenvalue weighted by atomic mass is 35.5. The van der Waals surface area contributed by atoms with E-state index in [1.165, 1.54) is 25.7 Å². The average molecular weight is 269 g/mol. The summed E-state index contributed by atoms with van der Waals surface area (Å²) in [6.07, 6.45) is 5.37. The van der Waals surface area contributed by atoms with Crippen molar-refractivity contribution in [1.82, 2.24) is 0 Å². The molecule has 0 spiro atoms. The summed E-state index contributed by atoms with van der Waals surface area (Å²) in [7, 11) is 0. The van der Waals surface area contributed by atoms with Crippen LogP contribution in [-0.2, 0) is 0 Å². The number of halogens is 1. The van der Waals surface area contributed by atoms with Crippen LogP contribution in [-0.4, -0.2) is 17.8 Å². The highest BCUT2D eigenvalue weighted by Crippen LogP contribution is 2.29. The maximum atomic E-state index is 10.0. The molecule has 1 aromatic carbocycles. The van der Waals surface area contributed by atoms with E-state index in [1.54, 1.807) is 0 Å². The summed E-state index contributed by atoms with van der Waals surface area (Å²) < 4.78 is 5.70. The van der Waals surface area contributed by atoms with Crippen molar-refractivity contribution in [3.05, 3.63) is 28.8 Å². The van der Waals surface area contributed by atoms with Gasteiger partial charge in [0.05, 0.1) is 12.7 Å². The highest BCUT2D eigenvalue weighted by molar-refractivity contribution is 6.30. The zero-order chi connectivity index (χ0) is 13.0. The van der Waals surface area contributed by atoms with Gasteiger partial charge >= 0.3 is 0 Å². The fourth-order valence-electron chi connectivity index (χ4n) is 2.64. The fraction of sp³-hybridized carbons (Fsp3) is 0.600. The number of rotatable bonds is 5. The van der Waals surface area contributed by atoms with Crippen molar-refractivity contribution in [1.29, 1.82) is 0 Å². The second kappa shape index (κ2) is 6.44. The van der Waals surface area contributed by atoms with E-state index in [1.807, 2.05) is 25.1 Å². The zero-order valence-corrected chi connectivity index (χ0v) is 11.6. The lowest BCUT2D eigenvalue weighted by atomic mass is 9.99. The van der Waals surface area contributed by atoms with Crippen molar-refractivity contribution in [2.45, 2.75) is 45.1 Å². The molecule has 2 nitrogen and oxygen atoms in total. The maximum absolute atomic E-state index is 10.0. The second-order valence-electron chi connectivity index (χ2n) is 5.16. The molecule has 1 atom stereocenters. The molecule has 0 radical (unpaired) electrons. The van der Waals surface area contributed by atoms with Gasteiger partial charge in [-0.05, 0) is 49.4 Å². The Kier molecular flexibility index (Phi) is 4.90. The molecule has 0 heterocycles. The maximum Gasteiger partial charge on any atom is 0.122 e. The van der Waals surface area contributed by atoms with Crippen LogP contribution in [0.25, 0.3) is 0 Å². The molecular weight excluding hydrogens is 248 g/mol. The molecule has 1 fully saturated rings. The van der Waals surface area contributed by atoms with Crippen LogP contribution in [0.4, 0.5) is 0 Å². The van der Waals surface area contributed by atoms with Gasteiger partial charge in [-0.2, -0.15) is 0 Å². The first kappa shape index (κ1) is 13.7. The molecule has 0 amide bonds. The van der Waals surface area contributed by atoms with E-state index >= 15 is 0 Å². The molecule has 1 aliphatic rings. The molecule has 1 unspecified atom stereocenters. The summed E-state index contributed by atoms with van der Waals surface area (Å²) >= 11 is 5.89. The monoisotopic (exact) mass is 268 g/mol. The van der Waals surface area contributed by atoms with Gasteiger partial charge < -0.3 is 9.84 Å². The minimum absolute atomic E-state index is 0.208. The van der Waals surface area contributed by atoms with E-state index in [9.17, 15) is 5.11 Å². The molecule has 0 bridgehead atoms. The normalized spacial score (nSPS) is 17.9. The standard InChI is InChI=1S/C15H21ClO2/c1-11-10-13(16)6-7-15(11)18-9-8-14(17)12-4-2-3-5-12/h6-7,10,12,14,17H,2-5,8-9H2,1H3. The van der Waals surface area contributed by atoms with Crippen molar-refractivity contribution >= 4 is 11.6 Å². The van der Waals surface area contributed by atoms with Crippen LogP contribution in [0.2, 0.25) is 5.02 Å². The Morgan fingerprint density at radius 1 is 1.39 bits per heavy atom. The van der Waals surface area contributed by atoms with Crippen molar-refractivity contribution in [2.75, 3.05) is 6.61 Å². The quantitative estimate of drug-likeness (QED) is 0.876. The molecule has 0 aromatic heterocycles. The van der Waals surface area contributed by atoms with E-state index in [4.69, 9.17) is 16.3 Å². The first-order chi connectivity index (χ1) is 8.66. The fourth-order valence-corrected chi connectivity index (χ4v) is 2.87. The van der Waals surface area contributed by atoms with Crippen LogP contribution < -0.4 is 4.74 Å². The van der Waals surface area contributed by atoms with Gasteiger partial charge in [0.15, 0.2) is 0 Å². The lowest BCUT2D eigenvalue weighted by Gasteiger charge is -2.18. The summed E-state index contributed by atoms with van der Waals surface area (Å²) in [6.45, 7) is 2.55. The van der Waals surface area contributed by atoms with E-state index in [0.717, 1.165) is 16.3 Å². The van der Waals surface area contributed by atoms with Gasteiger partial charge in [-0.15, -0.1) is 0 Å². The number of hydrogen-bond acceptors (Lipinski definition) is 2. The van der Waals surface area contributed by atoms with Crippen LogP contribution in [0.3, 0.4) is 0 Å². The Morgan fingerprint density at radius 2 is 2.11 bits per heavy atom. The van der Waals surface area contributed by atoms with Crippen molar-refractivity contribution in [3.63, 3.8) is 0 Å². The van der Waals surface area contributed by atoms with E-state index < -0.39 is 0 Å². The van der Waals surface area contributed by atoms with Gasteiger partial charge in [-0.1, -0.05) is 24.4 Å². The molecule has 100 valence electrons. The Balaban J connectivity index is 1.77. The molecule has 1 N–H and O–H groups in total. The van der Waals surface area contributed by atoms with E-state index in [2.05, 4.69) is 0 Å². The molecular formula is C15H21ClO2. The molecule has 1 saturated carbocycles. The SMILES string of the molecule is Cc1cc(Cl)ccc1OCCC(O)C1CCCC1. The van der Waals surface area contributed by atoms with Crippen molar-refractivity contribution < 1.29 is 9.84 Å². The largest absolute Gasteiger partial charge is 0.493 e. The number of aliphatic hydroxyl groups excluding tert-OH is 1. The summed E-state index contributed by atoms with van der Waals surface area (Å²) in [4.78, 5) is 0. The summed E-state index contributed by atoms with van der Waals surface area (Å²) in [5.41, 5.74) is 1.04. The topological polar surface area (TPSA) is 29.5 Å². The number of ether oxygens (including phenoxy) is 1. The smallest absolute Gasteiger partial charge is 0.122 e. The lowest BCUT2D eigenvalue weighted by Crippen LogP contribution is -2.20. The number of aliphatic hydroxyl groups is 1. The van der Waals surface area contributed by atoms with Crippen LogP contribution in [0.1, 0.15) is 37.7 Å². The van der Waals surface area contributed by atoms with Crippen LogP contribution in [0, 0.1) is 12.8 Å². The van der Waals surface area contributed by atoms with E-state index in [-0.39, 0.29) is 6.10 Å². The minimum Gasteiger partial charge on any atom is -0.493 e. The Bertz CT molecular complexity index is 386. The summed E-state index contributed by atoms with van der Waals surface area (Å²) in [5, 5.41) is 10.8. The third-order valence-electron chi connectivity index (χ3n) is 3.75. The summed E-state index contributed by atoms with van der Waals surface area (Å²) in [6, 6.07) is 5.61. The molecule has 1 aromatic rings. The minimum atomic E-state index is -0.208. The predicted molar refractivity (Wildman–Crippen MR) is 74.3 cm³/mol. The molecule has 3 heteroatoms. The third-order valence-corrected chi connectivity index (χ3v) is 3.99. The zero-order valence-electron chi connectivity index (χ0n) is 10.9. The van der Waals surface area contributed by atoms with Crippen LogP contribution in [0.15, 0.2) is 18.2 Å². The van der Waals surface area contributed by atoms with Crippen LogP contribution in [0.5, 0.6) is 5.75 Å². The molecule has 0 aliphatic heterocycles. The molecule has 2 rings (SSSR count). The van der Waals surface area contributed by atoms with E-state index in [0.29, 0.717) is 18.9 Å². The highest BCUT2D eigenvalue weighted by Gasteiger charge is 2.22. The van der Waals surface area contributed by atoms with Gasteiger partial charge in [0.25, 0.3) is 0 Å². The average Bonchev–Trinajstić information content (AvgIpc) is 2.85. The Hall–Kier alpha value is -0.730. The van der Waals surface area contributed by atoms with Crippen molar-refractivity contribution in [2.24, 2.45) is 5.92 Å². The van der Waals surface area contributed by atoms with Crippen LogP contribution >= 0.6 is 11.6 Å². The number of hydrogen-bond donors (Lipinski definition) is 1. The predicted octanol–water partition coefficient (Wildman–Crippen LogP) is 3.97. The molecule has 1 aliphatic carbocycles. The van der Waals surface area contributed by atoms with Gasteiger partial charge in [0.2, 0.25) is 0 Å². The first-order valence-electron chi connectivity index (χ1n) is 6.74. The Labute approximate surface area is 114 Å². The van der Waals surface area contributed by atoms with Crippen molar-refractivity contribution in [3.8, 4) is 5.75 Å². The third kappa shape index (κ3) is 3.63. The van der Waals surface area contributed by atoms with Gasteiger partial charge in [0.1, 0.15) is 5.75 Å². The number of benzene rings is 1. The lowest BCUT2D eigenvalue weighted by molar-refractivity contribution is 0.0852. The number of aryl methyl sites for hydroxylation is 1. The van der Waals surface area contributed by atoms with Gasteiger partial charge in [-0.3, -0.25) is 0 Å². The first-order valence-corrected chi connectivity index (χ1v) is 7.11. The molecule has 18 heavy (non-hydrogen) atoms. The van der Waals surface area contributed by atoms with Gasteiger partial charge in [0, 0.05) is 11.4 Å². The summed E-state index contributed by atoms with van der Waals surface area (Å²) in [5.74, 6) is 1.35. The molecule has 0 saturated heterocycles. The van der Waals surface area contributed by atoms with Gasteiger partial charge in [-0.25, -0.2) is 0 Å². The Morgan fingerprint density at radius 3 is 2.78 bits per heavy atom.